The normalized spacial score (nSPS) is 14.7. The van der Waals surface area contributed by atoms with Crippen molar-refractivity contribution in [2.75, 3.05) is 5.32 Å². The molecule has 1 aliphatic heterocycles. The number of carbonyl (C=O) groups excluding carboxylic acids is 1. The molecule has 2 aromatic carbocycles. The van der Waals surface area contributed by atoms with Gasteiger partial charge in [-0.1, -0.05) is 17.3 Å². The van der Waals surface area contributed by atoms with Crippen molar-refractivity contribution >= 4 is 22.8 Å². The Hall–Kier alpha value is -3.09. The molecule has 0 saturated carbocycles. The van der Waals surface area contributed by atoms with E-state index in [2.05, 4.69) is 40.9 Å². The van der Waals surface area contributed by atoms with E-state index >= 15 is 0 Å². The molecule has 7 heteroatoms. The first-order valence-corrected chi connectivity index (χ1v) is 8.55. The van der Waals surface area contributed by atoms with Crippen LogP contribution in [0.15, 0.2) is 36.4 Å². The van der Waals surface area contributed by atoms with Crippen molar-refractivity contribution in [2.45, 2.75) is 32.4 Å². The van der Waals surface area contributed by atoms with Crippen LogP contribution in [0.1, 0.15) is 25.0 Å². The van der Waals surface area contributed by atoms with E-state index in [1.165, 1.54) is 5.56 Å². The molecule has 0 bridgehead atoms. The summed E-state index contributed by atoms with van der Waals surface area (Å²) in [6, 6.07) is 11.3. The Bertz CT molecular complexity index is 993. The third-order valence-electron chi connectivity index (χ3n) is 4.45. The van der Waals surface area contributed by atoms with E-state index < -0.39 is 0 Å². The minimum absolute atomic E-state index is 0.162. The van der Waals surface area contributed by atoms with E-state index in [4.69, 9.17) is 4.74 Å². The van der Waals surface area contributed by atoms with Crippen molar-refractivity contribution in [3.63, 3.8) is 0 Å². The van der Waals surface area contributed by atoms with Gasteiger partial charge in [-0.25, -0.2) is 9.48 Å². The number of aromatic nitrogens is 3. The second kappa shape index (κ2) is 6.01. The van der Waals surface area contributed by atoms with E-state index in [1.54, 1.807) is 10.7 Å². The Morgan fingerprint density at radius 3 is 2.96 bits per heavy atom. The molecule has 0 aliphatic carbocycles. The van der Waals surface area contributed by atoms with Gasteiger partial charge in [0.2, 0.25) is 0 Å². The molecule has 0 spiro atoms. The highest BCUT2D eigenvalue weighted by Crippen LogP contribution is 2.35. The standard InChI is InChI=1S/C19H21N5O2/c1-19(2)10-13-8-12(4-7-17(13)26-19)11-20-18(25)21-14-5-6-16-15(9-14)22-23-24(16)3/h4-9H,10-11H2,1-3H3,(H2,20,21,25). The van der Waals surface area contributed by atoms with Crippen molar-refractivity contribution in [3.8, 4) is 5.75 Å². The number of nitrogens with one attached hydrogen (secondary N) is 2. The number of anilines is 1. The summed E-state index contributed by atoms with van der Waals surface area (Å²) in [6.07, 6.45) is 0.875. The Kier molecular flexibility index (Phi) is 3.79. The Labute approximate surface area is 151 Å². The van der Waals surface area contributed by atoms with Crippen molar-refractivity contribution in [3.05, 3.63) is 47.5 Å². The summed E-state index contributed by atoms with van der Waals surface area (Å²) in [7, 11) is 1.83. The number of aryl methyl sites for hydroxylation is 1. The number of nitrogens with zero attached hydrogens (tertiary/aromatic N) is 3. The van der Waals surface area contributed by atoms with Gasteiger partial charge in [-0.05, 0) is 49.2 Å². The van der Waals surface area contributed by atoms with Crippen molar-refractivity contribution < 1.29 is 9.53 Å². The van der Waals surface area contributed by atoms with Crippen LogP contribution >= 0.6 is 0 Å². The van der Waals surface area contributed by atoms with E-state index in [0.29, 0.717) is 12.2 Å². The molecule has 2 amide bonds. The zero-order valence-electron chi connectivity index (χ0n) is 15.0. The molecule has 1 aliphatic rings. The largest absolute Gasteiger partial charge is 0.487 e. The van der Waals surface area contributed by atoms with E-state index in [1.807, 2.05) is 31.3 Å². The Morgan fingerprint density at radius 1 is 1.27 bits per heavy atom. The third-order valence-corrected chi connectivity index (χ3v) is 4.45. The van der Waals surface area contributed by atoms with Gasteiger partial charge in [0, 0.05) is 25.7 Å². The summed E-state index contributed by atoms with van der Waals surface area (Å²) in [5.41, 5.74) is 4.41. The third kappa shape index (κ3) is 3.20. The highest BCUT2D eigenvalue weighted by Gasteiger charge is 2.29. The van der Waals surface area contributed by atoms with Crippen LogP contribution < -0.4 is 15.4 Å². The number of ether oxygens (including phenoxy) is 1. The maximum Gasteiger partial charge on any atom is 0.319 e. The maximum atomic E-state index is 12.2. The number of urea groups is 1. The number of hydrogen-bond donors (Lipinski definition) is 2. The van der Waals surface area contributed by atoms with Gasteiger partial charge in [-0.15, -0.1) is 5.10 Å². The van der Waals surface area contributed by atoms with Gasteiger partial charge in [-0.3, -0.25) is 0 Å². The zero-order valence-corrected chi connectivity index (χ0v) is 15.0. The van der Waals surface area contributed by atoms with Crippen LogP contribution in [0.2, 0.25) is 0 Å². The number of fused-ring (bicyclic) bond motifs is 2. The van der Waals surface area contributed by atoms with Crippen LogP contribution in [-0.4, -0.2) is 26.6 Å². The van der Waals surface area contributed by atoms with Gasteiger partial charge in [0.05, 0.1) is 5.52 Å². The molecule has 0 fully saturated rings. The van der Waals surface area contributed by atoms with E-state index in [9.17, 15) is 4.79 Å². The summed E-state index contributed by atoms with van der Waals surface area (Å²) in [5.74, 6) is 0.931. The monoisotopic (exact) mass is 351 g/mol. The lowest BCUT2D eigenvalue weighted by Gasteiger charge is -2.16. The number of amides is 2. The summed E-state index contributed by atoms with van der Waals surface area (Å²) < 4.78 is 7.57. The summed E-state index contributed by atoms with van der Waals surface area (Å²) in [5, 5.41) is 13.7. The second-order valence-electron chi connectivity index (χ2n) is 7.20. The van der Waals surface area contributed by atoms with Gasteiger partial charge in [0.1, 0.15) is 16.9 Å². The number of rotatable bonds is 3. The molecule has 1 aromatic heterocycles. The van der Waals surface area contributed by atoms with E-state index in [0.717, 1.165) is 28.8 Å². The van der Waals surface area contributed by atoms with Crippen LogP contribution in [0.25, 0.3) is 11.0 Å². The molecule has 0 unspecified atom stereocenters. The molecule has 0 saturated heterocycles. The van der Waals surface area contributed by atoms with E-state index in [-0.39, 0.29) is 11.6 Å². The van der Waals surface area contributed by atoms with Crippen LogP contribution in [0.3, 0.4) is 0 Å². The second-order valence-corrected chi connectivity index (χ2v) is 7.20. The van der Waals surface area contributed by atoms with Crippen molar-refractivity contribution in [1.82, 2.24) is 20.3 Å². The molecular weight excluding hydrogens is 330 g/mol. The fourth-order valence-electron chi connectivity index (χ4n) is 3.25. The minimum Gasteiger partial charge on any atom is -0.487 e. The van der Waals surface area contributed by atoms with Crippen LogP contribution in [0.5, 0.6) is 5.75 Å². The molecule has 26 heavy (non-hydrogen) atoms. The number of carbonyl (C=O) groups is 1. The molecule has 0 atom stereocenters. The average molecular weight is 351 g/mol. The first-order chi connectivity index (χ1) is 12.4. The lowest BCUT2D eigenvalue weighted by Crippen LogP contribution is -2.28. The molecule has 2 N–H and O–H groups in total. The minimum atomic E-state index is -0.259. The van der Waals surface area contributed by atoms with Gasteiger partial charge < -0.3 is 15.4 Å². The number of hydrogen-bond acceptors (Lipinski definition) is 4. The Balaban J connectivity index is 1.38. The van der Waals surface area contributed by atoms with Crippen molar-refractivity contribution in [2.24, 2.45) is 7.05 Å². The average Bonchev–Trinajstić information content (AvgIpc) is 3.10. The van der Waals surface area contributed by atoms with Gasteiger partial charge in [-0.2, -0.15) is 0 Å². The molecule has 134 valence electrons. The lowest BCUT2D eigenvalue weighted by atomic mass is 10.0. The maximum absolute atomic E-state index is 12.2. The zero-order chi connectivity index (χ0) is 18.3. The van der Waals surface area contributed by atoms with Gasteiger partial charge in [0.25, 0.3) is 0 Å². The topological polar surface area (TPSA) is 81.1 Å². The molecule has 4 rings (SSSR count). The molecule has 0 radical (unpaired) electrons. The van der Waals surface area contributed by atoms with Crippen LogP contribution in [0.4, 0.5) is 10.5 Å². The number of benzene rings is 2. The lowest BCUT2D eigenvalue weighted by molar-refractivity contribution is 0.138. The van der Waals surface area contributed by atoms with Crippen LogP contribution in [0, 0.1) is 0 Å². The van der Waals surface area contributed by atoms with Gasteiger partial charge >= 0.3 is 6.03 Å². The molecular formula is C19H21N5O2. The smallest absolute Gasteiger partial charge is 0.319 e. The molecule has 7 nitrogen and oxygen atoms in total. The van der Waals surface area contributed by atoms with Crippen molar-refractivity contribution in [1.29, 1.82) is 0 Å². The highest BCUT2D eigenvalue weighted by molar-refractivity contribution is 5.91. The summed E-state index contributed by atoms with van der Waals surface area (Å²) in [6.45, 7) is 4.60. The van der Waals surface area contributed by atoms with Crippen LogP contribution in [-0.2, 0) is 20.0 Å². The molecule has 2 heterocycles. The predicted molar refractivity (Wildman–Crippen MR) is 99.2 cm³/mol. The first kappa shape index (κ1) is 16.4. The molecule has 3 aromatic rings. The Morgan fingerprint density at radius 2 is 2.12 bits per heavy atom. The van der Waals surface area contributed by atoms with Gasteiger partial charge in [0.15, 0.2) is 0 Å². The highest BCUT2D eigenvalue weighted by atomic mass is 16.5. The summed E-state index contributed by atoms with van der Waals surface area (Å²) in [4.78, 5) is 12.2. The first-order valence-electron chi connectivity index (χ1n) is 8.55. The summed E-state index contributed by atoms with van der Waals surface area (Å²) >= 11 is 0. The fraction of sp³-hybridized carbons (Fsp3) is 0.316. The quantitative estimate of drug-likeness (QED) is 0.760. The SMILES string of the molecule is Cn1nnc2cc(NC(=O)NCc3ccc4c(c3)CC(C)(C)O4)ccc21. The predicted octanol–water partition coefficient (Wildman–Crippen LogP) is 3.00. The fourth-order valence-corrected chi connectivity index (χ4v) is 3.25.